The maximum absolute atomic E-state index is 4.83. The van der Waals surface area contributed by atoms with Gasteiger partial charge in [-0.05, 0) is 61.1 Å². The van der Waals surface area contributed by atoms with Crippen molar-refractivity contribution < 1.29 is 0 Å². The maximum Gasteiger partial charge on any atom is 0.137 e. The van der Waals surface area contributed by atoms with Gasteiger partial charge >= 0.3 is 0 Å². The van der Waals surface area contributed by atoms with Gasteiger partial charge < -0.3 is 9.88 Å². The van der Waals surface area contributed by atoms with E-state index in [1.165, 1.54) is 23.8 Å². The van der Waals surface area contributed by atoms with Gasteiger partial charge in [0.15, 0.2) is 0 Å². The van der Waals surface area contributed by atoms with Crippen LogP contribution in [0.5, 0.6) is 0 Å². The maximum atomic E-state index is 4.83. The van der Waals surface area contributed by atoms with Crippen LogP contribution in [0.25, 0.3) is 11.0 Å². The number of aryl methyl sites for hydroxylation is 3. The number of H-pyrrole nitrogens is 1. The Kier molecular flexibility index (Phi) is 5.13. The number of fused-ring (bicyclic) bond motifs is 1. The van der Waals surface area contributed by atoms with Crippen LogP contribution >= 0.6 is 0 Å². The molecule has 1 aliphatic rings. The summed E-state index contributed by atoms with van der Waals surface area (Å²) in [5, 5.41) is 1.17. The van der Waals surface area contributed by atoms with Crippen LogP contribution in [0.4, 0.5) is 5.82 Å². The summed E-state index contributed by atoms with van der Waals surface area (Å²) in [4.78, 5) is 24.1. The van der Waals surface area contributed by atoms with Crippen LogP contribution in [0.2, 0.25) is 0 Å². The molecular weight excluding hydrogens is 372 g/mol. The van der Waals surface area contributed by atoms with Crippen molar-refractivity contribution in [3.63, 3.8) is 0 Å². The smallest absolute Gasteiger partial charge is 0.137 e. The van der Waals surface area contributed by atoms with Gasteiger partial charge in [0.05, 0.1) is 0 Å². The molecule has 0 saturated carbocycles. The van der Waals surface area contributed by atoms with Crippen molar-refractivity contribution in [2.75, 3.05) is 18.0 Å². The summed E-state index contributed by atoms with van der Waals surface area (Å²) in [6, 6.07) is 8.49. The minimum atomic E-state index is 0.796. The molecule has 6 heteroatoms. The SMILES string of the molecule is Cc1cnc2[nH]cc(Cc3cnc(CCc4cccc(N5CCCC5)n4)nc3)c2c1. The molecule has 1 saturated heterocycles. The zero-order valence-corrected chi connectivity index (χ0v) is 17.3. The van der Waals surface area contributed by atoms with E-state index in [0.29, 0.717) is 0 Å². The van der Waals surface area contributed by atoms with Gasteiger partial charge in [-0.25, -0.2) is 19.9 Å². The Morgan fingerprint density at radius 3 is 2.67 bits per heavy atom. The first-order valence-corrected chi connectivity index (χ1v) is 10.7. The Morgan fingerprint density at radius 1 is 1.00 bits per heavy atom. The second kappa shape index (κ2) is 8.22. The summed E-state index contributed by atoms with van der Waals surface area (Å²) in [7, 11) is 0. The minimum absolute atomic E-state index is 0.796. The van der Waals surface area contributed by atoms with Crippen molar-refractivity contribution in [2.24, 2.45) is 0 Å². The van der Waals surface area contributed by atoms with Crippen LogP contribution < -0.4 is 4.90 Å². The number of anilines is 1. The lowest BCUT2D eigenvalue weighted by Gasteiger charge is -2.16. The average molecular weight is 399 g/mol. The van der Waals surface area contributed by atoms with Crippen molar-refractivity contribution in [3.8, 4) is 0 Å². The summed E-state index contributed by atoms with van der Waals surface area (Å²) < 4.78 is 0. The fourth-order valence-corrected chi connectivity index (χ4v) is 4.10. The molecule has 0 spiro atoms. The minimum Gasteiger partial charge on any atom is -0.357 e. The van der Waals surface area contributed by atoms with Crippen LogP contribution in [0, 0.1) is 6.92 Å². The van der Waals surface area contributed by atoms with Crippen molar-refractivity contribution in [3.05, 3.63) is 77.3 Å². The van der Waals surface area contributed by atoms with Gasteiger partial charge in [-0.2, -0.15) is 0 Å². The molecule has 0 aliphatic carbocycles. The second-order valence-corrected chi connectivity index (χ2v) is 8.09. The molecule has 6 nitrogen and oxygen atoms in total. The lowest BCUT2D eigenvalue weighted by molar-refractivity contribution is 0.821. The molecule has 5 rings (SSSR count). The lowest BCUT2D eigenvalue weighted by Crippen LogP contribution is -2.19. The van der Waals surface area contributed by atoms with Gasteiger partial charge in [0.1, 0.15) is 17.3 Å². The standard InChI is InChI=1S/C24H26N6/c1-17-11-21-19(16-28-24(21)27-13-17)12-18-14-25-22(26-15-18)8-7-20-5-4-6-23(29-20)30-9-2-3-10-30/h4-6,11,13-16H,2-3,7-10,12H2,1H3,(H,27,28). The van der Waals surface area contributed by atoms with Gasteiger partial charge in [-0.3, -0.25) is 0 Å². The molecule has 0 atom stereocenters. The first kappa shape index (κ1) is 18.7. The highest BCUT2D eigenvalue weighted by atomic mass is 15.2. The highest BCUT2D eigenvalue weighted by Gasteiger charge is 2.13. The summed E-state index contributed by atoms with van der Waals surface area (Å²) in [6.45, 7) is 4.30. The average Bonchev–Trinajstić information content (AvgIpc) is 3.44. The van der Waals surface area contributed by atoms with E-state index in [0.717, 1.165) is 66.5 Å². The molecule has 1 fully saturated rings. The Balaban J connectivity index is 1.23. The van der Waals surface area contributed by atoms with Gasteiger partial charge in [0.25, 0.3) is 0 Å². The predicted octanol–water partition coefficient (Wildman–Crippen LogP) is 4.03. The molecule has 0 bridgehead atoms. The molecular formula is C24H26N6. The summed E-state index contributed by atoms with van der Waals surface area (Å²) in [6.07, 6.45) is 12.8. The van der Waals surface area contributed by atoms with Gasteiger partial charge in [-0.15, -0.1) is 0 Å². The highest BCUT2D eigenvalue weighted by molar-refractivity contribution is 5.80. The Morgan fingerprint density at radius 2 is 1.83 bits per heavy atom. The third-order valence-electron chi connectivity index (χ3n) is 5.73. The van der Waals surface area contributed by atoms with E-state index in [1.54, 1.807) is 0 Å². The fourth-order valence-electron chi connectivity index (χ4n) is 4.10. The van der Waals surface area contributed by atoms with Gasteiger partial charge in [0, 0.05) is 61.8 Å². The monoisotopic (exact) mass is 398 g/mol. The molecule has 0 amide bonds. The molecule has 0 aromatic carbocycles. The number of hydrogen-bond donors (Lipinski definition) is 1. The van der Waals surface area contributed by atoms with Crippen LogP contribution in [0.3, 0.4) is 0 Å². The van der Waals surface area contributed by atoms with Gasteiger partial charge in [-0.1, -0.05) is 6.07 Å². The summed E-state index contributed by atoms with van der Waals surface area (Å²) >= 11 is 0. The number of pyridine rings is 2. The van der Waals surface area contributed by atoms with Crippen molar-refractivity contribution >= 4 is 16.9 Å². The fraction of sp³-hybridized carbons (Fsp3) is 0.333. The number of aromatic nitrogens is 5. The number of nitrogens with one attached hydrogen (secondary N) is 1. The lowest BCUT2D eigenvalue weighted by atomic mass is 10.1. The van der Waals surface area contributed by atoms with Crippen LogP contribution in [0.1, 0.15) is 41.1 Å². The van der Waals surface area contributed by atoms with Crippen LogP contribution in [0.15, 0.2) is 49.1 Å². The van der Waals surface area contributed by atoms with E-state index in [-0.39, 0.29) is 0 Å². The van der Waals surface area contributed by atoms with E-state index in [9.17, 15) is 0 Å². The number of aromatic amines is 1. The van der Waals surface area contributed by atoms with Gasteiger partial charge in [0.2, 0.25) is 0 Å². The van der Waals surface area contributed by atoms with E-state index in [2.05, 4.69) is 56.0 Å². The second-order valence-electron chi connectivity index (χ2n) is 8.09. The predicted molar refractivity (Wildman–Crippen MR) is 119 cm³/mol. The molecule has 0 unspecified atom stereocenters. The van der Waals surface area contributed by atoms with E-state index >= 15 is 0 Å². The van der Waals surface area contributed by atoms with E-state index in [4.69, 9.17) is 4.98 Å². The van der Waals surface area contributed by atoms with E-state index < -0.39 is 0 Å². The number of rotatable bonds is 6. The van der Waals surface area contributed by atoms with Crippen LogP contribution in [-0.2, 0) is 19.3 Å². The third kappa shape index (κ3) is 4.03. The molecule has 1 aliphatic heterocycles. The Bertz CT molecular complexity index is 1140. The van der Waals surface area contributed by atoms with E-state index in [1.807, 2.05) is 24.8 Å². The topological polar surface area (TPSA) is 70.6 Å². The van der Waals surface area contributed by atoms with Crippen molar-refractivity contribution in [2.45, 2.75) is 39.0 Å². The van der Waals surface area contributed by atoms with Crippen LogP contribution in [-0.4, -0.2) is 38.0 Å². The molecule has 4 aromatic heterocycles. The quantitative estimate of drug-likeness (QED) is 0.531. The number of nitrogens with zero attached hydrogens (tertiary/aromatic N) is 5. The largest absolute Gasteiger partial charge is 0.357 e. The molecule has 5 heterocycles. The normalized spacial score (nSPS) is 14.0. The third-order valence-corrected chi connectivity index (χ3v) is 5.73. The Hall–Kier alpha value is -3.28. The first-order chi connectivity index (χ1) is 14.7. The summed E-state index contributed by atoms with van der Waals surface area (Å²) in [5.41, 5.74) is 5.53. The molecule has 30 heavy (non-hydrogen) atoms. The first-order valence-electron chi connectivity index (χ1n) is 10.7. The highest BCUT2D eigenvalue weighted by Crippen LogP contribution is 2.21. The van der Waals surface area contributed by atoms with Crippen molar-refractivity contribution in [1.82, 2.24) is 24.9 Å². The zero-order valence-electron chi connectivity index (χ0n) is 17.3. The molecule has 4 aromatic rings. The summed E-state index contributed by atoms with van der Waals surface area (Å²) in [5.74, 6) is 1.97. The number of hydrogen-bond acceptors (Lipinski definition) is 5. The molecule has 1 N–H and O–H groups in total. The zero-order chi connectivity index (χ0) is 20.3. The Labute approximate surface area is 176 Å². The van der Waals surface area contributed by atoms with Crippen molar-refractivity contribution in [1.29, 1.82) is 0 Å². The molecule has 152 valence electrons. The molecule has 0 radical (unpaired) electrons.